The summed E-state index contributed by atoms with van der Waals surface area (Å²) in [6.45, 7) is 10.2. The summed E-state index contributed by atoms with van der Waals surface area (Å²) in [7, 11) is 5.74. The van der Waals surface area contributed by atoms with Crippen LogP contribution in [0.25, 0.3) is 0 Å². The van der Waals surface area contributed by atoms with Gasteiger partial charge >= 0.3 is 5.97 Å². The van der Waals surface area contributed by atoms with E-state index in [2.05, 4.69) is 44.0 Å². The molecule has 0 amide bonds. The number of methoxy groups -OCH3 is 1. The molecule has 1 aliphatic carbocycles. The van der Waals surface area contributed by atoms with Crippen LogP contribution in [0.15, 0.2) is 11.6 Å². The van der Waals surface area contributed by atoms with E-state index in [4.69, 9.17) is 18.9 Å². The van der Waals surface area contributed by atoms with Gasteiger partial charge in [0.15, 0.2) is 0 Å². The lowest BCUT2D eigenvalue weighted by Gasteiger charge is -2.42. The van der Waals surface area contributed by atoms with Crippen molar-refractivity contribution >= 4 is 5.97 Å². The lowest BCUT2D eigenvalue weighted by Crippen LogP contribution is -2.56. The number of epoxide rings is 2. The molecular formula is C23H40N2O5. The number of nitrogens with one attached hydrogen (secondary N) is 1. The third kappa shape index (κ3) is 5.25. The minimum Gasteiger partial charge on any atom is -0.459 e. The van der Waals surface area contributed by atoms with Crippen molar-refractivity contribution in [3.8, 4) is 0 Å². The van der Waals surface area contributed by atoms with Crippen LogP contribution < -0.4 is 5.32 Å². The average molecular weight is 425 g/mol. The first-order chi connectivity index (χ1) is 14.1. The Bertz CT molecular complexity index is 644. The first-order valence-electron chi connectivity index (χ1n) is 11.2. The normalized spacial score (nSPS) is 38.4. The fourth-order valence-corrected chi connectivity index (χ4v) is 5.15. The van der Waals surface area contributed by atoms with E-state index in [0.717, 1.165) is 32.4 Å². The molecule has 7 unspecified atom stereocenters. The van der Waals surface area contributed by atoms with Gasteiger partial charge < -0.3 is 29.2 Å². The van der Waals surface area contributed by atoms with Gasteiger partial charge in [0.1, 0.15) is 23.4 Å². The van der Waals surface area contributed by atoms with Crippen molar-refractivity contribution in [1.29, 1.82) is 0 Å². The molecule has 30 heavy (non-hydrogen) atoms. The lowest BCUT2D eigenvalue weighted by molar-refractivity contribution is -0.171. The molecule has 2 saturated heterocycles. The number of hydrogen-bond donors (Lipinski definition) is 1. The largest absolute Gasteiger partial charge is 0.459 e. The molecule has 3 rings (SSSR count). The molecule has 1 saturated carbocycles. The number of esters is 1. The highest BCUT2D eigenvalue weighted by molar-refractivity contribution is 5.72. The second-order valence-corrected chi connectivity index (χ2v) is 9.95. The molecule has 172 valence electrons. The summed E-state index contributed by atoms with van der Waals surface area (Å²) >= 11 is 0. The zero-order chi connectivity index (χ0) is 22.1. The molecular weight excluding hydrogens is 384 g/mol. The van der Waals surface area contributed by atoms with Crippen molar-refractivity contribution in [3.05, 3.63) is 11.6 Å². The molecule has 0 aromatic rings. The van der Waals surface area contributed by atoms with Gasteiger partial charge in [0.05, 0.1) is 25.2 Å². The average Bonchev–Trinajstić information content (AvgIpc) is 3.57. The number of rotatable bonds is 10. The van der Waals surface area contributed by atoms with Gasteiger partial charge in [-0.25, -0.2) is 0 Å². The number of carbonyl (C=O) groups excluding carboxylic acids is 1. The Hall–Kier alpha value is -0.990. The fraction of sp³-hybridized carbons (Fsp3) is 0.870. The number of allylic oxidation sites excluding steroid dienone is 1. The molecule has 2 heterocycles. The van der Waals surface area contributed by atoms with Gasteiger partial charge in [-0.05, 0) is 61.1 Å². The van der Waals surface area contributed by atoms with Gasteiger partial charge in [-0.2, -0.15) is 0 Å². The second kappa shape index (κ2) is 9.25. The summed E-state index contributed by atoms with van der Waals surface area (Å²) < 4.78 is 24.0. The van der Waals surface area contributed by atoms with E-state index < -0.39 is 0 Å². The molecule has 1 spiro atoms. The summed E-state index contributed by atoms with van der Waals surface area (Å²) in [5, 5.41) is 3.24. The molecule has 7 atom stereocenters. The minimum atomic E-state index is -0.313. The van der Waals surface area contributed by atoms with E-state index in [-0.39, 0.29) is 54.0 Å². The molecule has 3 aliphatic rings. The molecule has 7 nitrogen and oxygen atoms in total. The molecule has 0 radical (unpaired) electrons. The Morgan fingerprint density at radius 3 is 2.63 bits per heavy atom. The van der Waals surface area contributed by atoms with Crippen molar-refractivity contribution in [2.24, 2.45) is 5.92 Å². The van der Waals surface area contributed by atoms with Crippen molar-refractivity contribution in [2.75, 3.05) is 40.9 Å². The summed E-state index contributed by atoms with van der Waals surface area (Å²) in [5.41, 5.74) is 0.781. The van der Waals surface area contributed by atoms with Crippen LogP contribution in [0.4, 0.5) is 0 Å². The molecule has 3 fully saturated rings. The standard InChI is InChI=1S/C23H40N2O5/c1-15(2)8-9-18-22(4,30-18)21-20(27-7)17(10-11-23(21)14-28-23)29-19(26)12-24-16(3)13-25(5)6/h8,16-18,20-21,24H,9-14H2,1-7H3. The Morgan fingerprint density at radius 1 is 1.37 bits per heavy atom. The van der Waals surface area contributed by atoms with Gasteiger partial charge in [-0.1, -0.05) is 11.6 Å². The fourth-order valence-electron chi connectivity index (χ4n) is 5.15. The molecule has 0 aromatic carbocycles. The summed E-state index contributed by atoms with van der Waals surface area (Å²) in [4.78, 5) is 14.6. The van der Waals surface area contributed by atoms with Crippen LogP contribution in [0.2, 0.25) is 0 Å². The Kier molecular flexibility index (Phi) is 7.30. The van der Waals surface area contributed by atoms with Gasteiger partial charge in [-0.15, -0.1) is 0 Å². The first kappa shape index (κ1) is 23.7. The van der Waals surface area contributed by atoms with Crippen LogP contribution in [0, 0.1) is 5.92 Å². The van der Waals surface area contributed by atoms with Crippen molar-refractivity contribution in [2.45, 2.75) is 82.5 Å². The van der Waals surface area contributed by atoms with E-state index in [1.54, 1.807) is 7.11 Å². The number of nitrogens with zero attached hydrogens (tertiary/aromatic N) is 1. The molecule has 1 N–H and O–H groups in total. The van der Waals surface area contributed by atoms with Crippen molar-refractivity contribution in [1.82, 2.24) is 10.2 Å². The Morgan fingerprint density at radius 2 is 2.07 bits per heavy atom. The van der Waals surface area contributed by atoms with Crippen molar-refractivity contribution < 1.29 is 23.7 Å². The zero-order valence-electron chi connectivity index (χ0n) is 19.7. The maximum Gasteiger partial charge on any atom is 0.320 e. The second-order valence-electron chi connectivity index (χ2n) is 9.95. The number of ether oxygens (including phenoxy) is 4. The third-order valence-electron chi connectivity index (χ3n) is 6.75. The number of hydrogen-bond acceptors (Lipinski definition) is 7. The van der Waals surface area contributed by atoms with E-state index in [1.807, 2.05) is 14.1 Å². The highest BCUT2D eigenvalue weighted by Gasteiger charge is 2.72. The van der Waals surface area contributed by atoms with Gasteiger partial charge in [-0.3, -0.25) is 4.79 Å². The van der Waals surface area contributed by atoms with Crippen LogP contribution in [-0.4, -0.2) is 87.3 Å². The minimum absolute atomic E-state index is 0.0535. The third-order valence-corrected chi connectivity index (χ3v) is 6.75. The van der Waals surface area contributed by atoms with Crippen LogP contribution in [0.3, 0.4) is 0 Å². The SMILES string of the molecule is COC1C(OC(=O)CNC(C)CN(C)C)CCC2(CO2)C1C1(C)OC1CC=C(C)C. The molecule has 7 heteroatoms. The highest BCUT2D eigenvalue weighted by atomic mass is 16.6. The molecule has 0 bridgehead atoms. The predicted molar refractivity (Wildman–Crippen MR) is 115 cm³/mol. The van der Waals surface area contributed by atoms with Crippen LogP contribution in [-0.2, 0) is 23.7 Å². The predicted octanol–water partition coefficient (Wildman–Crippen LogP) is 2.15. The summed E-state index contributed by atoms with van der Waals surface area (Å²) in [6, 6.07) is 0.211. The maximum absolute atomic E-state index is 12.5. The van der Waals surface area contributed by atoms with E-state index in [1.165, 1.54) is 5.57 Å². The lowest BCUT2D eigenvalue weighted by atomic mass is 9.68. The number of carbonyl (C=O) groups is 1. The maximum atomic E-state index is 12.5. The van der Waals surface area contributed by atoms with Crippen LogP contribution >= 0.6 is 0 Å². The smallest absolute Gasteiger partial charge is 0.320 e. The summed E-state index contributed by atoms with van der Waals surface area (Å²) in [6.07, 6.45) is 4.37. The van der Waals surface area contributed by atoms with Crippen molar-refractivity contribution in [3.63, 3.8) is 0 Å². The van der Waals surface area contributed by atoms with E-state index in [9.17, 15) is 4.79 Å². The monoisotopic (exact) mass is 424 g/mol. The zero-order valence-corrected chi connectivity index (χ0v) is 19.7. The topological polar surface area (TPSA) is 75.9 Å². The van der Waals surface area contributed by atoms with Gasteiger partial charge in [0.2, 0.25) is 0 Å². The molecule has 2 aliphatic heterocycles. The van der Waals surface area contributed by atoms with Crippen LogP contribution in [0.5, 0.6) is 0 Å². The summed E-state index contributed by atoms with van der Waals surface area (Å²) in [5.74, 6) is -0.181. The number of likely N-dealkylation sites (N-methyl/N-ethyl adjacent to an activating group) is 1. The highest BCUT2D eigenvalue weighted by Crippen LogP contribution is 2.59. The molecule has 0 aromatic heterocycles. The van der Waals surface area contributed by atoms with E-state index in [0.29, 0.717) is 0 Å². The first-order valence-corrected chi connectivity index (χ1v) is 11.2. The quantitative estimate of drug-likeness (QED) is 0.327. The Labute approximate surface area is 181 Å². The van der Waals surface area contributed by atoms with Crippen LogP contribution in [0.1, 0.15) is 47.0 Å². The van der Waals surface area contributed by atoms with Gasteiger partial charge in [0, 0.05) is 19.7 Å². The van der Waals surface area contributed by atoms with Gasteiger partial charge in [0.25, 0.3) is 0 Å². The van der Waals surface area contributed by atoms with E-state index >= 15 is 0 Å². The Balaban J connectivity index is 1.62.